The van der Waals surface area contributed by atoms with Crippen molar-refractivity contribution in [2.45, 2.75) is 0 Å². The van der Waals surface area contributed by atoms with E-state index in [4.69, 9.17) is 4.42 Å². The molecule has 0 fully saturated rings. The predicted octanol–water partition coefficient (Wildman–Crippen LogP) is 13.7. The maximum Gasteiger partial charge on any atom is 0.143 e. The molecule has 0 aliphatic rings. The fraction of sp³-hybridized carbons (Fsp3) is 0. The number of hydrogen-bond donors (Lipinski definition) is 0. The van der Waals surface area contributed by atoms with Crippen molar-refractivity contribution in [2.75, 3.05) is 0 Å². The van der Waals surface area contributed by atoms with Gasteiger partial charge >= 0.3 is 0 Å². The second-order valence-corrected chi connectivity index (χ2v) is 12.8. The number of fused-ring (bicyclic) bond motifs is 6. The van der Waals surface area contributed by atoms with Gasteiger partial charge in [-0.25, -0.2) is 0 Å². The molecule has 49 heavy (non-hydrogen) atoms. The van der Waals surface area contributed by atoms with Crippen molar-refractivity contribution in [3.63, 3.8) is 0 Å². The van der Waals surface area contributed by atoms with Crippen LogP contribution in [-0.2, 0) is 0 Å². The smallest absolute Gasteiger partial charge is 0.143 e. The van der Waals surface area contributed by atoms with Gasteiger partial charge in [0.15, 0.2) is 0 Å². The van der Waals surface area contributed by atoms with Crippen LogP contribution in [0.1, 0.15) is 0 Å². The second kappa shape index (κ2) is 11.1. The molecule has 1 nitrogen and oxygen atoms in total. The van der Waals surface area contributed by atoms with E-state index in [9.17, 15) is 0 Å². The number of hydrogen-bond acceptors (Lipinski definition) is 1. The van der Waals surface area contributed by atoms with E-state index >= 15 is 0 Å². The molecule has 228 valence electrons. The van der Waals surface area contributed by atoms with Crippen LogP contribution in [0.25, 0.3) is 98.8 Å². The van der Waals surface area contributed by atoms with Crippen molar-refractivity contribution < 1.29 is 4.42 Å². The van der Waals surface area contributed by atoms with Crippen molar-refractivity contribution >= 4 is 54.3 Å². The summed E-state index contributed by atoms with van der Waals surface area (Å²) in [5, 5.41) is 9.76. The molecule has 0 saturated heterocycles. The molecule has 0 aliphatic heterocycles. The summed E-state index contributed by atoms with van der Waals surface area (Å²) in [4.78, 5) is 0. The lowest BCUT2D eigenvalue weighted by Crippen LogP contribution is -1.91. The normalized spacial score (nSPS) is 11.7. The minimum atomic E-state index is 0.901. The summed E-state index contributed by atoms with van der Waals surface area (Å²) in [6.07, 6.45) is 0. The minimum Gasteiger partial charge on any atom is -0.455 e. The predicted molar refractivity (Wildman–Crippen MR) is 208 cm³/mol. The van der Waals surface area contributed by atoms with Crippen molar-refractivity contribution in [3.05, 3.63) is 182 Å². The number of para-hydroxylation sites is 1. The van der Waals surface area contributed by atoms with Crippen molar-refractivity contribution in [2.24, 2.45) is 0 Å². The molecule has 1 aromatic heterocycles. The molecule has 0 amide bonds. The summed E-state index contributed by atoms with van der Waals surface area (Å²) in [5.74, 6) is 0. The average Bonchev–Trinajstić information content (AvgIpc) is 3.55. The Morgan fingerprint density at radius 3 is 1.53 bits per heavy atom. The van der Waals surface area contributed by atoms with Gasteiger partial charge in [0.2, 0.25) is 0 Å². The molecule has 0 atom stereocenters. The quantitative estimate of drug-likeness (QED) is 0.178. The SMILES string of the molecule is c1ccc(-c2cccc3c2oc2ccc(-c4c5ccccc5c(-c5cccc(-c6cccc7ccccc67)c5)c5ccccc45)cc23)cc1. The van der Waals surface area contributed by atoms with Crippen LogP contribution in [0.4, 0.5) is 0 Å². The first-order chi connectivity index (χ1) is 24.3. The summed E-state index contributed by atoms with van der Waals surface area (Å²) < 4.78 is 6.56. The van der Waals surface area contributed by atoms with Crippen molar-refractivity contribution in [1.82, 2.24) is 0 Å². The molecule has 9 aromatic carbocycles. The average molecular weight is 623 g/mol. The van der Waals surface area contributed by atoms with Crippen LogP contribution in [-0.4, -0.2) is 0 Å². The molecule has 0 spiro atoms. The van der Waals surface area contributed by atoms with Gasteiger partial charge in [0, 0.05) is 16.3 Å². The number of benzene rings is 9. The Labute approximate surface area is 284 Å². The third-order valence-corrected chi connectivity index (χ3v) is 10.1. The van der Waals surface area contributed by atoms with Gasteiger partial charge < -0.3 is 4.42 Å². The largest absolute Gasteiger partial charge is 0.455 e. The second-order valence-electron chi connectivity index (χ2n) is 12.8. The van der Waals surface area contributed by atoms with Gasteiger partial charge in [-0.1, -0.05) is 164 Å². The Morgan fingerprint density at radius 2 is 0.796 bits per heavy atom. The third kappa shape index (κ3) is 4.40. The molecule has 10 rings (SSSR count). The standard InChI is InChI=1S/C48H30O/c1-2-13-32(14-3-1)38-25-12-26-43-44-30-35(27-28-45(44)49-48(38)43)47-41-22-8-6-20-39(41)46(40-21-7-9-23-42(40)47)34-18-10-17-33(29-34)37-24-11-16-31-15-4-5-19-36(31)37/h1-30H. The first-order valence-corrected chi connectivity index (χ1v) is 16.8. The van der Waals surface area contributed by atoms with Crippen LogP contribution in [0.15, 0.2) is 186 Å². The Hall–Kier alpha value is -6.44. The van der Waals surface area contributed by atoms with E-state index in [2.05, 4.69) is 182 Å². The molecule has 0 aliphatic carbocycles. The zero-order chi connectivity index (χ0) is 32.3. The summed E-state index contributed by atoms with van der Waals surface area (Å²) in [6, 6.07) is 65.7. The Bertz CT molecular complexity index is 2810. The first-order valence-electron chi connectivity index (χ1n) is 16.8. The van der Waals surface area contributed by atoms with Crippen LogP contribution < -0.4 is 0 Å². The Morgan fingerprint density at radius 1 is 0.286 bits per heavy atom. The van der Waals surface area contributed by atoms with E-state index in [0.29, 0.717) is 0 Å². The van der Waals surface area contributed by atoms with E-state index < -0.39 is 0 Å². The van der Waals surface area contributed by atoms with Gasteiger partial charge in [0.25, 0.3) is 0 Å². The summed E-state index contributed by atoms with van der Waals surface area (Å²) in [6.45, 7) is 0. The van der Waals surface area contributed by atoms with Gasteiger partial charge in [-0.2, -0.15) is 0 Å². The molecule has 0 bridgehead atoms. The molecule has 10 aromatic rings. The molecule has 0 radical (unpaired) electrons. The highest BCUT2D eigenvalue weighted by Gasteiger charge is 2.19. The van der Waals surface area contributed by atoms with Gasteiger partial charge in [-0.05, 0) is 89.5 Å². The summed E-state index contributed by atoms with van der Waals surface area (Å²) >= 11 is 0. The topological polar surface area (TPSA) is 13.1 Å². The van der Waals surface area contributed by atoms with Crippen molar-refractivity contribution in [3.8, 4) is 44.5 Å². The van der Waals surface area contributed by atoms with E-state index in [0.717, 1.165) is 33.1 Å². The lowest BCUT2D eigenvalue weighted by atomic mass is 9.85. The van der Waals surface area contributed by atoms with Crippen LogP contribution in [0, 0.1) is 0 Å². The molecule has 1 heterocycles. The fourth-order valence-corrected chi connectivity index (χ4v) is 7.87. The molecule has 0 N–H and O–H groups in total. The molecular weight excluding hydrogens is 593 g/mol. The van der Waals surface area contributed by atoms with E-state index in [1.165, 1.54) is 65.7 Å². The zero-order valence-corrected chi connectivity index (χ0v) is 26.7. The minimum absolute atomic E-state index is 0.901. The van der Waals surface area contributed by atoms with E-state index in [1.54, 1.807) is 0 Å². The highest BCUT2D eigenvalue weighted by Crippen LogP contribution is 2.46. The highest BCUT2D eigenvalue weighted by molar-refractivity contribution is 6.22. The first kappa shape index (κ1) is 27.7. The van der Waals surface area contributed by atoms with Crippen LogP contribution >= 0.6 is 0 Å². The van der Waals surface area contributed by atoms with Crippen LogP contribution in [0.2, 0.25) is 0 Å². The van der Waals surface area contributed by atoms with E-state index in [1.807, 2.05) is 0 Å². The monoisotopic (exact) mass is 622 g/mol. The summed E-state index contributed by atoms with van der Waals surface area (Å²) in [7, 11) is 0. The highest BCUT2D eigenvalue weighted by atomic mass is 16.3. The number of rotatable bonds is 4. The molecule has 0 unspecified atom stereocenters. The van der Waals surface area contributed by atoms with Crippen molar-refractivity contribution in [1.29, 1.82) is 0 Å². The lowest BCUT2D eigenvalue weighted by Gasteiger charge is -2.18. The molecule has 1 heteroatoms. The zero-order valence-electron chi connectivity index (χ0n) is 26.7. The maximum atomic E-state index is 6.56. The van der Waals surface area contributed by atoms with Crippen LogP contribution in [0.3, 0.4) is 0 Å². The van der Waals surface area contributed by atoms with Gasteiger partial charge in [-0.3, -0.25) is 0 Å². The number of furan rings is 1. The summed E-state index contributed by atoms with van der Waals surface area (Å²) in [5.41, 5.74) is 11.5. The fourth-order valence-electron chi connectivity index (χ4n) is 7.87. The Balaban J connectivity index is 1.21. The van der Waals surface area contributed by atoms with Gasteiger partial charge in [-0.15, -0.1) is 0 Å². The lowest BCUT2D eigenvalue weighted by molar-refractivity contribution is 0.670. The van der Waals surface area contributed by atoms with Crippen LogP contribution in [0.5, 0.6) is 0 Å². The maximum absolute atomic E-state index is 6.56. The van der Waals surface area contributed by atoms with Gasteiger partial charge in [0.1, 0.15) is 11.2 Å². The van der Waals surface area contributed by atoms with Gasteiger partial charge in [0.05, 0.1) is 0 Å². The molecule has 0 saturated carbocycles. The molecular formula is C48H30O. The third-order valence-electron chi connectivity index (χ3n) is 10.1. The Kier molecular flexibility index (Phi) is 6.25. The van der Waals surface area contributed by atoms with E-state index in [-0.39, 0.29) is 0 Å².